The van der Waals surface area contributed by atoms with Gasteiger partial charge >= 0.3 is 0 Å². The third-order valence-electron chi connectivity index (χ3n) is 9.13. The summed E-state index contributed by atoms with van der Waals surface area (Å²) in [6.45, 7) is 8.29. The second-order valence-electron chi connectivity index (χ2n) is 12.4. The van der Waals surface area contributed by atoms with E-state index in [1.807, 2.05) is 18.2 Å². The number of hydrogen-bond donors (Lipinski definition) is 1. The van der Waals surface area contributed by atoms with Crippen molar-refractivity contribution in [2.45, 2.75) is 83.1 Å². The van der Waals surface area contributed by atoms with Crippen LogP contribution in [0.4, 0.5) is 6.01 Å². The van der Waals surface area contributed by atoms with Crippen LogP contribution in [0.5, 0.6) is 0 Å². The normalized spacial score (nSPS) is 26.3. The molecule has 7 nitrogen and oxygen atoms in total. The summed E-state index contributed by atoms with van der Waals surface area (Å²) in [6.07, 6.45) is 6.90. The molecule has 3 aromatic rings. The molecule has 3 aliphatic heterocycles. The van der Waals surface area contributed by atoms with Crippen LogP contribution in [0.25, 0.3) is 11.1 Å². The number of amides is 1. The number of hydrogen-bond acceptors (Lipinski definition) is 6. The maximum absolute atomic E-state index is 13.5. The van der Waals surface area contributed by atoms with Gasteiger partial charge in [0.25, 0.3) is 11.9 Å². The second kappa shape index (κ2) is 11.3. The van der Waals surface area contributed by atoms with Crippen molar-refractivity contribution >= 4 is 23.0 Å². The molecule has 7 heteroatoms. The molecule has 39 heavy (non-hydrogen) atoms. The van der Waals surface area contributed by atoms with E-state index in [0.29, 0.717) is 46.7 Å². The molecule has 0 radical (unpaired) electrons. The van der Waals surface area contributed by atoms with Gasteiger partial charge in [0.1, 0.15) is 5.52 Å². The molecule has 0 saturated carbocycles. The molecule has 1 amide bonds. The molecule has 4 heterocycles. The van der Waals surface area contributed by atoms with E-state index in [1.165, 1.54) is 24.8 Å². The highest BCUT2D eigenvalue weighted by Crippen LogP contribution is 2.33. The summed E-state index contributed by atoms with van der Waals surface area (Å²) in [4.78, 5) is 25.9. The Labute approximate surface area is 232 Å². The van der Waals surface area contributed by atoms with Crippen molar-refractivity contribution in [3.63, 3.8) is 0 Å². The van der Waals surface area contributed by atoms with Crippen molar-refractivity contribution in [3.8, 4) is 0 Å². The lowest BCUT2D eigenvalue weighted by Crippen LogP contribution is -2.55. The highest BCUT2D eigenvalue weighted by atomic mass is 16.4. The van der Waals surface area contributed by atoms with Crippen molar-refractivity contribution < 1.29 is 9.21 Å². The molecule has 3 saturated heterocycles. The molecule has 1 aromatic heterocycles. The lowest BCUT2D eigenvalue weighted by Gasteiger charge is -2.47. The van der Waals surface area contributed by atoms with Crippen LogP contribution in [0.2, 0.25) is 0 Å². The SMILES string of the molecule is CC(C)C[C@H]1CN(Cc2ccccc2)CCN1c1nc2c(C(=O)NC3CC4CCCC(C3)N4C)cccc2o1. The van der Waals surface area contributed by atoms with Crippen LogP contribution in [0, 0.1) is 5.92 Å². The van der Waals surface area contributed by atoms with Gasteiger partial charge in [0, 0.05) is 50.3 Å². The molecule has 1 N–H and O–H groups in total. The summed E-state index contributed by atoms with van der Waals surface area (Å²) in [5.74, 6) is 0.536. The number of nitrogens with one attached hydrogen (secondary N) is 1. The third kappa shape index (κ3) is 5.71. The number of aromatic nitrogens is 1. The van der Waals surface area contributed by atoms with Crippen LogP contribution in [0.1, 0.15) is 68.3 Å². The number of fused-ring (bicyclic) bond motifs is 3. The van der Waals surface area contributed by atoms with Crippen LogP contribution < -0.4 is 10.2 Å². The lowest BCUT2D eigenvalue weighted by molar-refractivity contribution is 0.0463. The molecule has 2 unspecified atom stereocenters. The van der Waals surface area contributed by atoms with Crippen LogP contribution in [0.3, 0.4) is 0 Å². The van der Waals surface area contributed by atoms with Gasteiger partial charge in [0.2, 0.25) is 0 Å². The minimum Gasteiger partial charge on any atom is -0.423 e. The van der Waals surface area contributed by atoms with E-state index >= 15 is 0 Å². The molecular weight excluding hydrogens is 486 g/mol. The van der Waals surface area contributed by atoms with Gasteiger partial charge in [-0.1, -0.05) is 56.7 Å². The van der Waals surface area contributed by atoms with Gasteiger partial charge in [0.05, 0.1) is 5.56 Å². The van der Waals surface area contributed by atoms with E-state index in [1.54, 1.807) is 0 Å². The van der Waals surface area contributed by atoms with E-state index in [9.17, 15) is 4.79 Å². The Bertz CT molecular complexity index is 1260. The monoisotopic (exact) mass is 529 g/mol. The van der Waals surface area contributed by atoms with Gasteiger partial charge in [-0.15, -0.1) is 0 Å². The average molecular weight is 530 g/mol. The first kappa shape index (κ1) is 26.3. The zero-order valence-electron chi connectivity index (χ0n) is 23.7. The number of rotatable bonds is 7. The highest BCUT2D eigenvalue weighted by molar-refractivity contribution is 6.04. The second-order valence-corrected chi connectivity index (χ2v) is 12.4. The number of anilines is 1. The Kier molecular flexibility index (Phi) is 7.63. The van der Waals surface area contributed by atoms with Gasteiger partial charge in [0.15, 0.2) is 5.58 Å². The fraction of sp³-hybridized carbons (Fsp3) is 0.562. The first-order valence-electron chi connectivity index (χ1n) is 14.9. The summed E-state index contributed by atoms with van der Waals surface area (Å²) in [7, 11) is 2.25. The Balaban J connectivity index is 1.19. The largest absolute Gasteiger partial charge is 0.423 e. The number of piperidine rings is 2. The van der Waals surface area contributed by atoms with Crippen LogP contribution in [-0.2, 0) is 6.54 Å². The number of oxazole rings is 1. The van der Waals surface area contributed by atoms with E-state index in [0.717, 1.165) is 45.4 Å². The van der Waals surface area contributed by atoms with Crippen LogP contribution in [-0.4, -0.2) is 71.5 Å². The zero-order chi connectivity index (χ0) is 26.9. The van der Waals surface area contributed by atoms with E-state index in [2.05, 4.69) is 71.2 Å². The quantitative estimate of drug-likeness (QED) is 0.448. The van der Waals surface area contributed by atoms with Gasteiger partial charge < -0.3 is 19.5 Å². The summed E-state index contributed by atoms with van der Waals surface area (Å²) in [5, 5.41) is 3.36. The van der Waals surface area contributed by atoms with Crippen molar-refractivity contribution in [2.75, 3.05) is 31.6 Å². The summed E-state index contributed by atoms with van der Waals surface area (Å²) >= 11 is 0. The van der Waals surface area contributed by atoms with Crippen molar-refractivity contribution in [1.29, 1.82) is 0 Å². The molecule has 208 valence electrons. The zero-order valence-corrected chi connectivity index (χ0v) is 23.7. The maximum Gasteiger partial charge on any atom is 0.298 e. The van der Waals surface area contributed by atoms with Gasteiger partial charge in [-0.05, 0) is 62.8 Å². The lowest BCUT2D eigenvalue weighted by atomic mass is 9.82. The molecular formula is C32H43N5O2. The van der Waals surface area contributed by atoms with E-state index in [4.69, 9.17) is 9.40 Å². The molecule has 2 bridgehead atoms. The molecule has 3 atom stereocenters. The van der Waals surface area contributed by atoms with Crippen LogP contribution in [0.15, 0.2) is 52.9 Å². The van der Waals surface area contributed by atoms with Crippen molar-refractivity contribution in [2.24, 2.45) is 5.92 Å². The van der Waals surface area contributed by atoms with Crippen molar-refractivity contribution in [1.82, 2.24) is 20.1 Å². The number of nitrogens with zero attached hydrogens (tertiary/aromatic N) is 4. The standard InChI is InChI=1S/C32H43N5O2/c1-22(2)17-27-21-36(20-23-9-5-4-6-10-23)15-16-37(27)32-34-30-28(13-8-14-29(30)39-32)31(38)33-24-18-25-11-7-12-26(19-24)35(25)3/h4-6,8-10,13-14,22,24-27H,7,11-12,15-21H2,1-3H3,(H,33,38)/t24?,25?,26?,27-/m0/s1. The first-order chi connectivity index (χ1) is 18.9. The third-order valence-corrected chi connectivity index (χ3v) is 9.13. The Morgan fingerprint density at radius 2 is 1.82 bits per heavy atom. The number of para-hydroxylation sites is 1. The van der Waals surface area contributed by atoms with Crippen molar-refractivity contribution in [3.05, 3.63) is 59.7 Å². The summed E-state index contributed by atoms with van der Waals surface area (Å²) in [5.41, 5.74) is 3.33. The fourth-order valence-corrected chi connectivity index (χ4v) is 7.14. The Morgan fingerprint density at radius 3 is 2.56 bits per heavy atom. The molecule has 3 fully saturated rings. The maximum atomic E-state index is 13.5. The highest BCUT2D eigenvalue weighted by Gasteiger charge is 2.37. The Morgan fingerprint density at radius 1 is 1.05 bits per heavy atom. The summed E-state index contributed by atoms with van der Waals surface area (Å²) < 4.78 is 6.34. The minimum absolute atomic E-state index is 0.0283. The minimum atomic E-state index is -0.0283. The number of piperazine rings is 1. The topological polar surface area (TPSA) is 64.8 Å². The molecule has 3 aliphatic rings. The van der Waals surface area contributed by atoms with Crippen LogP contribution >= 0.6 is 0 Å². The number of carbonyl (C=O) groups is 1. The van der Waals surface area contributed by atoms with Gasteiger partial charge in [-0.25, -0.2) is 0 Å². The van der Waals surface area contributed by atoms with E-state index < -0.39 is 0 Å². The predicted octanol–water partition coefficient (Wildman–Crippen LogP) is 5.31. The molecule has 2 aromatic carbocycles. The fourth-order valence-electron chi connectivity index (χ4n) is 7.14. The molecule has 0 aliphatic carbocycles. The Hall–Kier alpha value is -2.90. The average Bonchev–Trinajstić information content (AvgIpc) is 3.34. The van der Waals surface area contributed by atoms with E-state index in [-0.39, 0.29) is 11.9 Å². The molecule has 0 spiro atoms. The predicted molar refractivity (Wildman–Crippen MR) is 156 cm³/mol. The number of benzene rings is 2. The smallest absolute Gasteiger partial charge is 0.298 e. The number of carbonyl (C=O) groups excluding carboxylic acids is 1. The summed E-state index contributed by atoms with van der Waals surface area (Å²) in [6, 6.07) is 18.8. The van der Waals surface area contributed by atoms with Gasteiger partial charge in [-0.2, -0.15) is 4.98 Å². The molecule has 6 rings (SSSR count). The first-order valence-corrected chi connectivity index (χ1v) is 14.9. The van der Waals surface area contributed by atoms with Gasteiger partial charge in [-0.3, -0.25) is 9.69 Å².